The van der Waals surface area contributed by atoms with Crippen LogP contribution in [0.2, 0.25) is 0 Å². The highest BCUT2D eigenvalue weighted by molar-refractivity contribution is 6.04. The van der Waals surface area contributed by atoms with E-state index in [0.717, 1.165) is 12.8 Å². The molecule has 0 bridgehead atoms. The van der Waals surface area contributed by atoms with Crippen LogP contribution in [0.4, 0.5) is 4.39 Å². The summed E-state index contributed by atoms with van der Waals surface area (Å²) in [6, 6.07) is 5.51. The van der Waals surface area contributed by atoms with Crippen LogP contribution in [-0.4, -0.2) is 22.3 Å². The van der Waals surface area contributed by atoms with Crippen molar-refractivity contribution in [1.29, 1.82) is 0 Å². The van der Waals surface area contributed by atoms with Crippen LogP contribution in [0.15, 0.2) is 35.3 Å². The van der Waals surface area contributed by atoms with Crippen LogP contribution < -0.4 is 10.9 Å². The van der Waals surface area contributed by atoms with E-state index in [1.54, 1.807) is 0 Å². The van der Waals surface area contributed by atoms with E-state index in [4.69, 9.17) is 0 Å². The van der Waals surface area contributed by atoms with Crippen molar-refractivity contribution in [2.75, 3.05) is 0 Å². The van der Waals surface area contributed by atoms with Gasteiger partial charge in [-0.3, -0.25) is 19.0 Å². The molecule has 0 unspecified atom stereocenters. The number of benzene rings is 1. The first-order valence-electron chi connectivity index (χ1n) is 9.14. The number of nitrogens with one attached hydrogen (secondary N) is 1. The molecule has 6 heteroatoms. The summed E-state index contributed by atoms with van der Waals surface area (Å²) in [5, 5.41) is 2.87. The van der Waals surface area contributed by atoms with Crippen LogP contribution in [0.25, 0.3) is 5.69 Å². The minimum absolute atomic E-state index is 0.0323. The second-order valence-corrected chi connectivity index (χ2v) is 8.24. The van der Waals surface area contributed by atoms with Crippen LogP contribution >= 0.6 is 0 Å². The molecule has 1 aromatic carbocycles. The van der Waals surface area contributed by atoms with Gasteiger partial charge in [0.25, 0.3) is 11.5 Å². The van der Waals surface area contributed by atoms with Gasteiger partial charge in [-0.05, 0) is 54.5 Å². The van der Waals surface area contributed by atoms with E-state index in [1.807, 2.05) is 13.8 Å². The van der Waals surface area contributed by atoms with Crippen molar-refractivity contribution in [3.63, 3.8) is 0 Å². The van der Waals surface area contributed by atoms with E-state index >= 15 is 0 Å². The molecule has 4 rings (SSSR count). The molecule has 140 valence electrons. The van der Waals surface area contributed by atoms with Gasteiger partial charge in [-0.1, -0.05) is 13.8 Å². The second kappa shape index (κ2) is 6.15. The van der Waals surface area contributed by atoms with Crippen molar-refractivity contribution in [2.24, 2.45) is 5.41 Å². The third-order valence-corrected chi connectivity index (χ3v) is 5.16. The van der Waals surface area contributed by atoms with Gasteiger partial charge in [0, 0.05) is 29.9 Å². The maximum Gasteiger partial charge on any atom is 0.268 e. The minimum Gasteiger partial charge on any atom is -0.349 e. The number of Topliss-reactive ketones (excluding diaryl/α,β-unsaturated/α-hetero) is 1. The number of halogens is 1. The number of fused-ring (bicyclic) bond motifs is 1. The van der Waals surface area contributed by atoms with Crippen molar-refractivity contribution in [2.45, 2.75) is 45.6 Å². The first-order valence-corrected chi connectivity index (χ1v) is 9.14. The summed E-state index contributed by atoms with van der Waals surface area (Å²) in [6.45, 7) is 3.92. The summed E-state index contributed by atoms with van der Waals surface area (Å²) >= 11 is 0. The summed E-state index contributed by atoms with van der Waals surface area (Å²) in [5.74, 6) is -0.937. The van der Waals surface area contributed by atoms with Crippen molar-refractivity contribution >= 4 is 11.7 Å². The molecule has 5 nitrogen and oxygen atoms in total. The van der Waals surface area contributed by atoms with E-state index in [1.165, 1.54) is 35.0 Å². The lowest BCUT2D eigenvalue weighted by molar-refractivity contribution is 0.0909. The zero-order valence-corrected chi connectivity index (χ0v) is 15.3. The van der Waals surface area contributed by atoms with Gasteiger partial charge in [-0.25, -0.2) is 4.39 Å². The molecular formula is C21H21FN2O3. The number of pyridine rings is 1. The smallest absolute Gasteiger partial charge is 0.268 e. The van der Waals surface area contributed by atoms with Crippen molar-refractivity contribution < 1.29 is 14.0 Å². The zero-order chi connectivity index (χ0) is 19.3. The molecule has 2 aliphatic rings. The maximum absolute atomic E-state index is 13.3. The number of carbonyl (C=O) groups excluding carboxylic acids is 2. The van der Waals surface area contributed by atoms with Crippen molar-refractivity contribution in [3.05, 3.63) is 63.3 Å². The fraction of sp³-hybridized carbons (Fsp3) is 0.381. The highest BCUT2D eigenvalue weighted by Gasteiger charge is 2.36. The number of amides is 1. The number of nitrogens with zero attached hydrogens (tertiary/aromatic N) is 1. The lowest BCUT2D eigenvalue weighted by atomic mass is 9.73. The molecule has 1 aromatic heterocycles. The third-order valence-electron chi connectivity index (χ3n) is 5.16. The predicted molar refractivity (Wildman–Crippen MR) is 98.9 cm³/mol. The predicted octanol–water partition coefficient (Wildman–Crippen LogP) is 3.02. The first-order chi connectivity index (χ1) is 12.7. The van der Waals surface area contributed by atoms with E-state index in [2.05, 4.69) is 5.32 Å². The van der Waals surface area contributed by atoms with Crippen molar-refractivity contribution in [3.8, 4) is 5.69 Å². The first kappa shape index (κ1) is 17.6. The maximum atomic E-state index is 13.3. The highest BCUT2D eigenvalue weighted by Crippen LogP contribution is 2.36. The lowest BCUT2D eigenvalue weighted by Crippen LogP contribution is -2.39. The normalized spacial score (nSPS) is 18.1. The number of aromatic nitrogens is 1. The zero-order valence-electron chi connectivity index (χ0n) is 15.3. The Balaban J connectivity index is 1.93. The van der Waals surface area contributed by atoms with Gasteiger partial charge in [0.1, 0.15) is 11.4 Å². The van der Waals surface area contributed by atoms with Gasteiger partial charge in [-0.2, -0.15) is 0 Å². The van der Waals surface area contributed by atoms with Crippen LogP contribution in [0, 0.1) is 11.2 Å². The van der Waals surface area contributed by atoms with Crippen LogP contribution in [0.5, 0.6) is 0 Å². The molecule has 2 aliphatic carbocycles. The quantitative estimate of drug-likeness (QED) is 0.905. The number of hydrogen-bond donors (Lipinski definition) is 1. The average Bonchev–Trinajstić information content (AvgIpc) is 3.38. The molecule has 1 saturated carbocycles. The molecule has 27 heavy (non-hydrogen) atoms. The summed E-state index contributed by atoms with van der Waals surface area (Å²) in [6.07, 6.45) is 4.14. The van der Waals surface area contributed by atoms with Crippen LogP contribution in [0.1, 0.15) is 59.4 Å². The Morgan fingerprint density at radius 1 is 1.15 bits per heavy atom. The van der Waals surface area contributed by atoms with Gasteiger partial charge < -0.3 is 5.32 Å². The van der Waals surface area contributed by atoms with Gasteiger partial charge in [0.2, 0.25) is 0 Å². The van der Waals surface area contributed by atoms with Crippen LogP contribution in [-0.2, 0) is 6.42 Å². The van der Waals surface area contributed by atoms with E-state index in [-0.39, 0.29) is 22.8 Å². The molecule has 1 fully saturated rings. The monoisotopic (exact) mass is 368 g/mol. The third kappa shape index (κ3) is 3.31. The number of hydrogen-bond acceptors (Lipinski definition) is 3. The average molecular weight is 368 g/mol. The van der Waals surface area contributed by atoms with E-state index in [9.17, 15) is 18.8 Å². The second-order valence-electron chi connectivity index (χ2n) is 8.24. The van der Waals surface area contributed by atoms with Gasteiger partial charge in [0.05, 0.1) is 0 Å². The molecule has 2 aromatic rings. The van der Waals surface area contributed by atoms with E-state index < -0.39 is 17.3 Å². The summed E-state index contributed by atoms with van der Waals surface area (Å²) in [5.41, 5.74) is 0.584. The Hall–Kier alpha value is -2.76. The van der Waals surface area contributed by atoms with Gasteiger partial charge in [-0.15, -0.1) is 0 Å². The summed E-state index contributed by atoms with van der Waals surface area (Å²) in [4.78, 5) is 38.8. The highest BCUT2D eigenvalue weighted by atomic mass is 19.1. The molecule has 1 amide bonds. The van der Waals surface area contributed by atoms with Gasteiger partial charge in [0.15, 0.2) is 5.78 Å². The van der Waals surface area contributed by atoms with E-state index in [0.29, 0.717) is 29.7 Å². The lowest BCUT2D eigenvalue weighted by Gasteiger charge is -2.31. The number of rotatable bonds is 3. The van der Waals surface area contributed by atoms with Gasteiger partial charge >= 0.3 is 0 Å². The molecule has 0 aliphatic heterocycles. The topological polar surface area (TPSA) is 68.2 Å². The Bertz CT molecular complexity index is 1000. The van der Waals surface area contributed by atoms with Crippen LogP contribution in [0.3, 0.4) is 0 Å². The molecular weight excluding hydrogens is 347 g/mol. The Labute approximate surface area is 156 Å². The standard InChI is InChI=1S/C21H21FN2O3/c1-21(2)9-15-16(17(25)10-21)11-24(14-7-3-12(22)4-8-14)20(27)18(15)19(26)23-13-5-6-13/h3-4,7-8,11,13H,5-6,9-10H2,1-2H3,(H,23,26). The largest absolute Gasteiger partial charge is 0.349 e. The Kier molecular flexibility index (Phi) is 4.02. The molecule has 0 spiro atoms. The SMILES string of the molecule is CC1(C)CC(=O)c2cn(-c3ccc(F)cc3)c(=O)c(C(=O)NC3CC3)c2C1. The fourth-order valence-corrected chi connectivity index (χ4v) is 3.66. The molecule has 1 N–H and O–H groups in total. The fourth-order valence-electron chi connectivity index (χ4n) is 3.66. The Morgan fingerprint density at radius 2 is 1.81 bits per heavy atom. The molecule has 0 saturated heterocycles. The summed E-state index contributed by atoms with van der Waals surface area (Å²) < 4.78 is 14.6. The molecule has 0 atom stereocenters. The summed E-state index contributed by atoms with van der Waals surface area (Å²) in [7, 11) is 0. The van der Waals surface area contributed by atoms with Crippen molar-refractivity contribution in [1.82, 2.24) is 9.88 Å². The number of carbonyl (C=O) groups is 2. The molecule has 0 radical (unpaired) electrons. The molecule has 1 heterocycles. The number of ketones is 1. The minimum atomic E-state index is -0.482. The Morgan fingerprint density at radius 3 is 2.44 bits per heavy atom.